The fourth-order valence-electron chi connectivity index (χ4n) is 2.02. The molecule has 0 saturated carbocycles. The highest BCUT2D eigenvalue weighted by Gasteiger charge is 2.07. The largest absolute Gasteiger partial charge is 0.355 e. The van der Waals surface area contributed by atoms with E-state index in [1.54, 1.807) is 29.0 Å². The van der Waals surface area contributed by atoms with Crippen molar-refractivity contribution in [3.8, 4) is 0 Å². The van der Waals surface area contributed by atoms with Gasteiger partial charge in [-0.2, -0.15) is 0 Å². The first-order valence-electron chi connectivity index (χ1n) is 5.63. The lowest BCUT2D eigenvalue weighted by Crippen LogP contribution is -2.16. The topological polar surface area (TPSA) is 86.4 Å². The molecule has 3 heterocycles. The smallest absolute Gasteiger partial charge is 0.276 e. The van der Waals surface area contributed by atoms with Crippen LogP contribution in [0.1, 0.15) is 5.69 Å². The van der Waals surface area contributed by atoms with Crippen molar-refractivity contribution in [2.24, 2.45) is 0 Å². The van der Waals surface area contributed by atoms with Crippen LogP contribution >= 0.6 is 12.2 Å². The van der Waals surface area contributed by atoms with Crippen LogP contribution in [0.2, 0.25) is 0 Å². The molecule has 96 valence electrons. The molecule has 6 nitrogen and oxygen atoms in total. The minimum atomic E-state index is -0.247. The molecule has 0 atom stereocenters. The Hall–Kier alpha value is -2.41. The lowest BCUT2D eigenvalue weighted by Gasteiger charge is -2.08. The third-order valence-corrected chi connectivity index (χ3v) is 3.19. The van der Waals surface area contributed by atoms with Gasteiger partial charge >= 0.3 is 0 Å². The summed E-state index contributed by atoms with van der Waals surface area (Å²) in [6, 6.07) is 6.70. The Balaban J connectivity index is 2.21. The summed E-state index contributed by atoms with van der Waals surface area (Å²) in [5.41, 5.74) is 1.48. The fourth-order valence-corrected chi connectivity index (χ4v) is 2.27. The van der Waals surface area contributed by atoms with Crippen molar-refractivity contribution in [1.82, 2.24) is 19.5 Å². The van der Waals surface area contributed by atoms with E-state index in [-0.39, 0.29) is 11.1 Å². The van der Waals surface area contributed by atoms with Gasteiger partial charge in [-0.25, -0.2) is 0 Å². The van der Waals surface area contributed by atoms with E-state index in [1.807, 2.05) is 0 Å². The van der Waals surface area contributed by atoms with Gasteiger partial charge in [0.2, 0.25) is 5.56 Å². The molecule has 0 aliphatic rings. The van der Waals surface area contributed by atoms with Crippen LogP contribution in [0.5, 0.6) is 0 Å². The average Bonchev–Trinajstić information content (AvgIpc) is 2.84. The van der Waals surface area contributed by atoms with Crippen LogP contribution in [0.4, 0.5) is 0 Å². The molecule has 0 radical (unpaired) electrons. The lowest BCUT2D eigenvalue weighted by molar-refractivity contribution is 0.758. The van der Waals surface area contributed by atoms with Crippen LogP contribution in [0.15, 0.2) is 40.1 Å². The van der Waals surface area contributed by atoms with Crippen LogP contribution in [-0.2, 0) is 6.54 Å². The van der Waals surface area contributed by atoms with Crippen molar-refractivity contribution < 1.29 is 0 Å². The summed E-state index contributed by atoms with van der Waals surface area (Å²) in [7, 11) is 0. The maximum Gasteiger partial charge on any atom is 0.276 e. The zero-order chi connectivity index (χ0) is 13.4. The molecular weight excluding hydrogens is 264 g/mol. The number of aromatic amines is 3. The molecule has 0 aliphatic carbocycles. The van der Waals surface area contributed by atoms with Gasteiger partial charge < -0.3 is 14.5 Å². The maximum atomic E-state index is 11.7. The minimum absolute atomic E-state index is 0.168. The molecule has 0 fully saturated rings. The molecule has 0 aromatic carbocycles. The molecule has 0 unspecified atom stereocenters. The molecule has 19 heavy (non-hydrogen) atoms. The summed E-state index contributed by atoms with van der Waals surface area (Å²) >= 11 is 5.17. The van der Waals surface area contributed by atoms with Crippen molar-refractivity contribution in [3.05, 3.63) is 61.6 Å². The van der Waals surface area contributed by atoms with E-state index < -0.39 is 0 Å². The number of hydrogen-bond donors (Lipinski definition) is 3. The first-order valence-corrected chi connectivity index (χ1v) is 6.04. The number of hydrogen-bond acceptors (Lipinski definition) is 3. The number of H-pyrrole nitrogens is 3. The summed E-state index contributed by atoms with van der Waals surface area (Å²) in [6.07, 6.45) is 1.68. The lowest BCUT2D eigenvalue weighted by atomic mass is 10.3. The highest BCUT2D eigenvalue weighted by atomic mass is 32.1. The summed E-state index contributed by atoms with van der Waals surface area (Å²) in [5.74, 6) is 0. The van der Waals surface area contributed by atoms with Gasteiger partial charge in [0.05, 0.1) is 12.1 Å². The summed E-state index contributed by atoms with van der Waals surface area (Å²) in [4.78, 5) is 31.2. The van der Waals surface area contributed by atoms with E-state index >= 15 is 0 Å². The second kappa shape index (κ2) is 4.36. The predicted octanol–water partition coefficient (Wildman–Crippen LogP) is 1.12. The van der Waals surface area contributed by atoms with Gasteiger partial charge in [0.25, 0.3) is 5.56 Å². The number of aromatic nitrogens is 4. The molecule has 3 rings (SSSR count). The maximum absolute atomic E-state index is 11.7. The summed E-state index contributed by atoms with van der Waals surface area (Å²) < 4.78 is 2.08. The summed E-state index contributed by atoms with van der Waals surface area (Å²) in [6.45, 7) is 0.389. The van der Waals surface area contributed by atoms with Crippen molar-refractivity contribution in [2.45, 2.75) is 6.54 Å². The zero-order valence-corrected chi connectivity index (χ0v) is 10.6. The Kier molecular flexibility index (Phi) is 2.68. The third-order valence-electron chi connectivity index (χ3n) is 2.87. The second-order valence-corrected chi connectivity index (χ2v) is 4.51. The van der Waals surface area contributed by atoms with Crippen molar-refractivity contribution in [1.29, 1.82) is 0 Å². The molecule has 7 heteroatoms. The highest BCUT2D eigenvalue weighted by molar-refractivity contribution is 7.71. The Morgan fingerprint density at radius 1 is 1.16 bits per heavy atom. The molecule has 3 aromatic heterocycles. The SMILES string of the molecule is O=c1cccc(Cn2c(=S)[nH]c(=O)c3[nH]ccc32)[nH]1. The molecule has 0 amide bonds. The number of nitrogens with zero attached hydrogens (tertiary/aromatic N) is 1. The molecule has 0 spiro atoms. The molecule has 3 N–H and O–H groups in total. The van der Waals surface area contributed by atoms with Crippen LogP contribution in [0.3, 0.4) is 0 Å². The van der Waals surface area contributed by atoms with Gasteiger partial charge in [0.1, 0.15) is 5.52 Å². The predicted molar refractivity (Wildman–Crippen MR) is 73.9 cm³/mol. The van der Waals surface area contributed by atoms with Gasteiger partial charge in [-0.3, -0.25) is 14.6 Å². The third kappa shape index (κ3) is 2.04. The molecule has 0 bridgehead atoms. The van der Waals surface area contributed by atoms with E-state index in [1.165, 1.54) is 6.07 Å². The van der Waals surface area contributed by atoms with Crippen LogP contribution in [-0.4, -0.2) is 19.5 Å². The van der Waals surface area contributed by atoms with Gasteiger partial charge in [-0.05, 0) is 24.4 Å². The zero-order valence-electron chi connectivity index (χ0n) is 9.77. The Morgan fingerprint density at radius 3 is 2.79 bits per heavy atom. The van der Waals surface area contributed by atoms with Crippen molar-refractivity contribution >= 4 is 23.3 Å². The molecule has 0 aliphatic heterocycles. The van der Waals surface area contributed by atoms with Gasteiger partial charge in [0.15, 0.2) is 4.77 Å². The second-order valence-electron chi connectivity index (χ2n) is 4.12. The molecule has 0 saturated heterocycles. The quantitative estimate of drug-likeness (QED) is 0.612. The molecular formula is C12H10N4O2S. The van der Waals surface area contributed by atoms with Gasteiger partial charge in [-0.1, -0.05) is 6.07 Å². The number of fused-ring (bicyclic) bond motifs is 1. The fraction of sp³-hybridized carbons (Fsp3) is 0.0833. The van der Waals surface area contributed by atoms with E-state index in [0.717, 1.165) is 5.69 Å². The van der Waals surface area contributed by atoms with E-state index in [2.05, 4.69) is 15.0 Å². The highest BCUT2D eigenvalue weighted by Crippen LogP contribution is 2.09. The normalized spacial score (nSPS) is 10.9. The van der Waals surface area contributed by atoms with E-state index in [0.29, 0.717) is 22.3 Å². The minimum Gasteiger partial charge on any atom is -0.355 e. The Bertz CT molecular complexity index is 915. The number of pyridine rings is 1. The van der Waals surface area contributed by atoms with Crippen molar-refractivity contribution in [2.75, 3.05) is 0 Å². The van der Waals surface area contributed by atoms with Gasteiger partial charge in [-0.15, -0.1) is 0 Å². The monoisotopic (exact) mass is 274 g/mol. The van der Waals surface area contributed by atoms with Crippen LogP contribution in [0.25, 0.3) is 11.0 Å². The number of rotatable bonds is 2. The van der Waals surface area contributed by atoms with Crippen molar-refractivity contribution in [3.63, 3.8) is 0 Å². The Morgan fingerprint density at radius 2 is 2.00 bits per heavy atom. The van der Waals surface area contributed by atoms with Gasteiger partial charge in [0, 0.05) is 18.0 Å². The first-order chi connectivity index (χ1) is 9.15. The van der Waals surface area contributed by atoms with Crippen LogP contribution in [0, 0.1) is 4.77 Å². The first kappa shape index (κ1) is 11.7. The summed E-state index contributed by atoms with van der Waals surface area (Å²) in [5, 5.41) is 0. The van der Waals surface area contributed by atoms with E-state index in [4.69, 9.17) is 12.2 Å². The standard InChI is InChI=1S/C12H10N4O2S/c17-9-3-1-2-7(14-9)6-16-8-4-5-13-10(8)11(18)15-12(16)19/h1-5,13H,6H2,(H,14,17)(H,15,18,19). The van der Waals surface area contributed by atoms with Crippen LogP contribution < -0.4 is 11.1 Å². The van der Waals surface area contributed by atoms with E-state index in [9.17, 15) is 9.59 Å². The number of nitrogens with one attached hydrogen (secondary N) is 3. The Labute approximate surface area is 111 Å². The molecule has 3 aromatic rings. The average molecular weight is 274 g/mol.